The van der Waals surface area contributed by atoms with Crippen molar-refractivity contribution in [3.63, 3.8) is 0 Å². The fraction of sp³-hybridized carbons (Fsp3) is 0.412. The van der Waals surface area contributed by atoms with Gasteiger partial charge in [-0.25, -0.2) is 0 Å². The topological polar surface area (TPSA) is 21.7 Å². The fourth-order valence-corrected chi connectivity index (χ4v) is 12.6. The lowest BCUT2D eigenvalue weighted by Gasteiger charge is -2.55. The minimum Gasteiger partial charge on any atom is -0.461 e. The van der Waals surface area contributed by atoms with E-state index in [1.54, 1.807) is 0 Å². The molecule has 54 heavy (non-hydrogen) atoms. The van der Waals surface area contributed by atoms with Crippen molar-refractivity contribution in [1.82, 2.24) is 4.90 Å². The molecular weight excluding hydrogens is 659 g/mol. The Bertz CT molecular complexity index is 2080. The van der Waals surface area contributed by atoms with Gasteiger partial charge in [-0.15, -0.1) is 0 Å². The second kappa shape index (κ2) is 13.2. The van der Waals surface area contributed by atoms with Crippen LogP contribution in [0.15, 0.2) is 168 Å². The number of likely N-dealkylation sites (tertiary alicyclic amines) is 1. The van der Waals surface area contributed by atoms with E-state index in [4.69, 9.17) is 9.47 Å². The van der Waals surface area contributed by atoms with Gasteiger partial charge in [-0.3, -0.25) is 0 Å². The molecule has 11 rings (SSSR count). The van der Waals surface area contributed by atoms with E-state index in [-0.39, 0.29) is 29.6 Å². The van der Waals surface area contributed by atoms with Gasteiger partial charge in [-0.05, 0) is 97.6 Å². The maximum absolute atomic E-state index is 7.48. The van der Waals surface area contributed by atoms with Gasteiger partial charge >= 0.3 is 0 Å². The van der Waals surface area contributed by atoms with Crippen molar-refractivity contribution in [2.24, 2.45) is 46.8 Å². The molecule has 2 saturated heterocycles. The number of para-hydroxylation sites is 1. The van der Waals surface area contributed by atoms with Gasteiger partial charge in [0.1, 0.15) is 11.5 Å². The van der Waals surface area contributed by atoms with Crippen molar-refractivity contribution in [2.45, 2.75) is 82.1 Å². The van der Waals surface area contributed by atoms with E-state index >= 15 is 0 Å². The lowest BCUT2D eigenvalue weighted by atomic mass is 9.55. The molecule has 3 nitrogen and oxygen atoms in total. The first-order valence-electron chi connectivity index (χ1n) is 21.1. The van der Waals surface area contributed by atoms with Crippen molar-refractivity contribution in [3.8, 4) is 5.75 Å². The molecule has 10 aliphatic rings. The SMILES string of the molecule is CC12C=CC=CC1N(C1=CCCC=C1)C1C(C3=CC=CC4OC5CC(C6C=CCCC6)C=CC5C(C5c6ccccc6OC6=CC=CCC65)C34)=CC=CC12. The van der Waals surface area contributed by atoms with Crippen molar-refractivity contribution in [1.29, 1.82) is 0 Å². The quantitative estimate of drug-likeness (QED) is 0.290. The maximum atomic E-state index is 7.48. The third-order valence-corrected chi connectivity index (χ3v) is 15.0. The summed E-state index contributed by atoms with van der Waals surface area (Å²) in [4.78, 5) is 2.80. The Morgan fingerprint density at radius 2 is 1.70 bits per heavy atom. The van der Waals surface area contributed by atoms with Crippen molar-refractivity contribution >= 4 is 0 Å². The summed E-state index contributed by atoms with van der Waals surface area (Å²) in [7, 11) is 0. The smallest absolute Gasteiger partial charge is 0.130 e. The van der Waals surface area contributed by atoms with Crippen LogP contribution in [0.2, 0.25) is 0 Å². The molecule has 13 unspecified atom stereocenters. The van der Waals surface area contributed by atoms with Gasteiger partial charge < -0.3 is 14.4 Å². The third kappa shape index (κ3) is 5.10. The molecule has 13 atom stereocenters. The van der Waals surface area contributed by atoms with E-state index < -0.39 is 0 Å². The Morgan fingerprint density at radius 3 is 2.61 bits per heavy atom. The van der Waals surface area contributed by atoms with Crippen LogP contribution in [0.3, 0.4) is 0 Å². The average Bonchev–Trinajstić information content (AvgIpc) is 3.51. The molecule has 0 N–H and O–H groups in total. The van der Waals surface area contributed by atoms with Gasteiger partial charge in [0.05, 0.1) is 24.3 Å². The Balaban J connectivity index is 1.06. The molecule has 0 bridgehead atoms. The molecule has 3 heteroatoms. The number of hydrogen-bond acceptors (Lipinski definition) is 3. The summed E-state index contributed by atoms with van der Waals surface area (Å²) in [5, 5.41) is 0. The van der Waals surface area contributed by atoms with Gasteiger partial charge in [0, 0.05) is 40.7 Å². The highest BCUT2D eigenvalue weighted by atomic mass is 16.5. The van der Waals surface area contributed by atoms with Gasteiger partial charge in [0.2, 0.25) is 0 Å². The Labute approximate surface area is 322 Å². The van der Waals surface area contributed by atoms with E-state index in [0.29, 0.717) is 47.5 Å². The summed E-state index contributed by atoms with van der Waals surface area (Å²) < 4.78 is 14.2. The Morgan fingerprint density at radius 1 is 0.778 bits per heavy atom. The van der Waals surface area contributed by atoms with E-state index in [1.165, 1.54) is 41.7 Å². The monoisotopic (exact) mass is 711 g/mol. The van der Waals surface area contributed by atoms with E-state index in [9.17, 15) is 0 Å². The summed E-state index contributed by atoms with van der Waals surface area (Å²) in [5.74, 6) is 5.19. The lowest BCUT2D eigenvalue weighted by molar-refractivity contribution is -0.125. The zero-order chi connectivity index (χ0) is 35.8. The number of rotatable bonds is 4. The van der Waals surface area contributed by atoms with Crippen molar-refractivity contribution < 1.29 is 9.47 Å². The largest absolute Gasteiger partial charge is 0.461 e. The van der Waals surface area contributed by atoms with Crippen LogP contribution < -0.4 is 4.74 Å². The zero-order valence-corrected chi connectivity index (χ0v) is 31.5. The van der Waals surface area contributed by atoms with Crippen LogP contribution in [-0.2, 0) is 4.74 Å². The predicted molar refractivity (Wildman–Crippen MR) is 218 cm³/mol. The van der Waals surface area contributed by atoms with Crippen molar-refractivity contribution in [2.75, 3.05) is 0 Å². The summed E-state index contributed by atoms with van der Waals surface area (Å²) >= 11 is 0. The minimum atomic E-state index is 0.00203. The van der Waals surface area contributed by atoms with Gasteiger partial charge in [-0.2, -0.15) is 0 Å². The predicted octanol–water partition coefficient (Wildman–Crippen LogP) is 11.2. The minimum absolute atomic E-state index is 0.00203. The first-order valence-corrected chi connectivity index (χ1v) is 21.1. The number of ether oxygens (including phenoxy) is 2. The second-order valence-corrected chi connectivity index (χ2v) is 17.7. The fourth-order valence-electron chi connectivity index (χ4n) is 12.6. The van der Waals surface area contributed by atoms with E-state index in [0.717, 1.165) is 37.2 Å². The highest BCUT2D eigenvalue weighted by molar-refractivity contribution is 5.54. The number of hydrogen-bond donors (Lipinski definition) is 0. The molecule has 1 aromatic carbocycles. The zero-order valence-electron chi connectivity index (χ0n) is 31.5. The van der Waals surface area contributed by atoms with Crippen LogP contribution in [0, 0.1) is 46.8 Å². The first-order chi connectivity index (χ1) is 26.7. The maximum Gasteiger partial charge on any atom is 0.130 e. The number of benzene rings is 1. The summed E-state index contributed by atoms with van der Waals surface area (Å²) in [5.41, 5.74) is 5.73. The van der Waals surface area contributed by atoms with E-state index in [2.05, 4.69) is 158 Å². The molecular formula is C51H53NO2. The number of nitrogens with zero attached hydrogens (tertiary/aromatic N) is 1. The molecule has 0 aromatic heterocycles. The normalized spacial score (nSPS) is 42.0. The number of fused-ring (bicyclic) bond motifs is 7. The van der Waals surface area contributed by atoms with Gasteiger partial charge in [0.25, 0.3) is 0 Å². The molecule has 3 aliphatic heterocycles. The first kappa shape index (κ1) is 33.0. The highest BCUT2D eigenvalue weighted by Crippen LogP contribution is 2.61. The molecule has 0 radical (unpaired) electrons. The summed E-state index contributed by atoms with van der Waals surface area (Å²) in [6.07, 6.45) is 56.8. The molecule has 0 saturated carbocycles. The standard InChI is InChI=1S/C51H53NO2/c1-51-31-13-12-28-46(51)52(35-18-6-3-7-19-35)50-37(23-14-24-41(50)51)36-22-15-27-44-48(36)49(40-30-29-34(32-45(40)54-44)33-16-4-2-5-17-33)47-38-20-8-10-25-42(38)53-43-26-11-9-21-39(43)47/h4,6,8-16,18-20,22-31,33-34,39-41,44-50H,2-3,5,7,17,21,32H2,1H3. The van der Waals surface area contributed by atoms with E-state index in [1.807, 2.05) is 0 Å². The average molecular weight is 712 g/mol. The molecule has 0 amide bonds. The third-order valence-electron chi connectivity index (χ3n) is 15.0. The van der Waals surface area contributed by atoms with Crippen LogP contribution in [0.4, 0.5) is 0 Å². The van der Waals surface area contributed by atoms with Crippen LogP contribution in [0.5, 0.6) is 5.75 Å². The molecule has 0 spiro atoms. The van der Waals surface area contributed by atoms with Gasteiger partial charge in [-0.1, -0.05) is 134 Å². The van der Waals surface area contributed by atoms with Crippen LogP contribution >= 0.6 is 0 Å². The Hall–Kier alpha value is -4.34. The highest BCUT2D eigenvalue weighted by Gasteiger charge is 2.59. The van der Waals surface area contributed by atoms with Crippen LogP contribution in [-0.4, -0.2) is 29.2 Å². The molecule has 3 heterocycles. The molecule has 2 fully saturated rings. The van der Waals surface area contributed by atoms with Crippen LogP contribution in [0.1, 0.15) is 63.4 Å². The van der Waals surface area contributed by atoms with Crippen molar-refractivity contribution in [3.05, 3.63) is 174 Å². The summed E-state index contributed by atoms with van der Waals surface area (Å²) in [6.45, 7) is 2.50. The summed E-state index contributed by atoms with van der Waals surface area (Å²) in [6, 6.07) is 9.50. The number of allylic oxidation sites excluding steroid dienone is 16. The molecule has 7 aliphatic carbocycles. The second-order valence-electron chi connectivity index (χ2n) is 17.7. The van der Waals surface area contributed by atoms with Gasteiger partial charge in [0.15, 0.2) is 0 Å². The molecule has 1 aromatic rings. The van der Waals surface area contributed by atoms with Crippen LogP contribution in [0.25, 0.3) is 0 Å². The molecule has 274 valence electrons. The lowest BCUT2D eigenvalue weighted by Crippen LogP contribution is -2.54. The Kier molecular flexibility index (Phi) is 8.05.